The fourth-order valence-corrected chi connectivity index (χ4v) is 3.59. The lowest BCUT2D eigenvalue weighted by Crippen LogP contribution is -2.41. The van der Waals surface area contributed by atoms with Gasteiger partial charge in [-0.15, -0.1) is 10.2 Å². The van der Waals surface area contributed by atoms with E-state index in [1.165, 1.54) is 12.8 Å². The third-order valence-corrected chi connectivity index (χ3v) is 4.92. The molecular weight excluding hydrogens is 330 g/mol. The number of guanidine groups is 1. The summed E-state index contributed by atoms with van der Waals surface area (Å²) in [5, 5.41) is 12.1. The molecule has 26 heavy (non-hydrogen) atoms. The van der Waals surface area contributed by atoms with Crippen molar-refractivity contribution in [2.24, 2.45) is 4.99 Å². The molecule has 1 saturated heterocycles. The van der Waals surface area contributed by atoms with Gasteiger partial charge in [-0.2, -0.15) is 0 Å². The zero-order chi connectivity index (χ0) is 17.8. The highest BCUT2D eigenvalue weighted by atomic mass is 16.5. The molecule has 0 aliphatic carbocycles. The molecule has 2 aromatic heterocycles. The van der Waals surface area contributed by atoms with Gasteiger partial charge in [0.25, 0.3) is 0 Å². The van der Waals surface area contributed by atoms with Gasteiger partial charge < -0.3 is 19.5 Å². The van der Waals surface area contributed by atoms with Gasteiger partial charge in [-0.1, -0.05) is 6.07 Å². The lowest BCUT2D eigenvalue weighted by molar-refractivity contribution is 0.205. The van der Waals surface area contributed by atoms with Crippen molar-refractivity contribution in [2.45, 2.75) is 44.9 Å². The number of nitrogens with one attached hydrogen (secondary N) is 1. The molecule has 0 spiro atoms. The van der Waals surface area contributed by atoms with Crippen molar-refractivity contribution in [3.8, 4) is 5.88 Å². The predicted octanol–water partition coefficient (Wildman–Crippen LogP) is 1.24. The smallest absolute Gasteiger partial charge is 0.213 e. The number of aromatic nitrogens is 4. The molecule has 0 saturated carbocycles. The summed E-state index contributed by atoms with van der Waals surface area (Å²) in [7, 11) is 1.81. The van der Waals surface area contributed by atoms with Crippen LogP contribution in [-0.4, -0.2) is 56.8 Å². The van der Waals surface area contributed by atoms with Gasteiger partial charge in [0.2, 0.25) is 5.88 Å². The second kappa shape index (κ2) is 7.72. The number of ether oxygens (including phenoxy) is 1. The second-order valence-corrected chi connectivity index (χ2v) is 6.68. The fourth-order valence-electron chi connectivity index (χ4n) is 3.59. The van der Waals surface area contributed by atoms with E-state index in [4.69, 9.17) is 4.74 Å². The maximum Gasteiger partial charge on any atom is 0.213 e. The van der Waals surface area contributed by atoms with Crippen LogP contribution in [0.25, 0.3) is 0 Å². The van der Waals surface area contributed by atoms with E-state index in [2.05, 4.69) is 35.0 Å². The summed E-state index contributed by atoms with van der Waals surface area (Å²) in [6, 6.07) is 5.72. The van der Waals surface area contributed by atoms with Crippen molar-refractivity contribution in [1.82, 2.24) is 30.0 Å². The van der Waals surface area contributed by atoms with Crippen molar-refractivity contribution in [3.63, 3.8) is 0 Å². The number of aryl methyl sites for hydroxylation is 1. The monoisotopic (exact) mass is 355 g/mol. The second-order valence-electron chi connectivity index (χ2n) is 6.68. The van der Waals surface area contributed by atoms with Crippen LogP contribution in [0.5, 0.6) is 5.88 Å². The highest BCUT2D eigenvalue weighted by molar-refractivity contribution is 5.80. The van der Waals surface area contributed by atoms with Crippen molar-refractivity contribution < 1.29 is 4.74 Å². The Morgan fingerprint density at radius 3 is 3.12 bits per heavy atom. The Morgan fingerprint density at radius 2 is 2.27 bits per heavy atom. The molecule has 4 rings (SSSR count). The maximum absolute atomic E-state index is 5.96. The van der Waals surface area contributed by atoms with Crippen molar-refractivity contribution in [2.75, 3.05) is 20.1 Å². The largest absolute Gasteiger partial charge is 0.472 e. The maximum atomic E-state index is 5.96. The van der Waals surface area contributed by atoms with Gasteiger partial charge in [0.15, 0.2) is 11.8 Å². The van der Waals surface area contributed by atoms with Crippen LogP contribution in [0.3, 0.4) is 0 Å². The molecule has 8 heteroatoms. The highest BCUT2D eigenvalue weighted by Crippen LogP contribution is 2.17. The summed E-state index contributed by atoms with van der Waals surface area (Å²) in [4.78, 5) is 10.9. The molecule has 0 amide bonds. The number of rotatable bonds is 4. The molecule has 1 fully saturated rings. The molecule has 2 aromatic rings. The summed E-state index contributed by atoms with van der Waals surface area (Å²) in [6.07, 6.45) is 6.27. The Hall–Kier alpha value is -2.64. The third kappa shape index (κ3) is 3.63. The molecule has 8 nitrogen and oxygen atoms in total. The van der Waals surface area contributed by atoms with E-state index in [0.29, 0.717) is 12.4 Å². The first kappa shape index (κ1) is 16.8. The van der Waals surface area contributed by atoms with Crippen LogP contribution in [0.1, 0.15) is 30.9 Å². The average Bonchev–Trinajstić information content (AvgIpc) is 3.31. The molecule has 2 aliphatic heterocycles. The van der Waals surface area contributed by atoms with Crippen LogP contribution < -0.4 is 10.1 Å². The molecule has 4 heterocycles. The van der Waals surface area contributed by atoms with Crippen LogP contribution in [0, 0.1) is 0 Å². The first-order valence-corrected chi connectivity index (χ1v) is 9.28. The van der Waals surface area contributed by atoms with Crippen molar-refractivity contribution in [3.05, 3.63) is 36.0 Å². The molecule has 1 N–H and O–H groups in total. The fraction of sp³-hybridized carbons (Fsp3) is 0.556. The Bertz CT molecular complexity index is 758. The minimum absolute atomic E-state index is 0.129. The predicted molar refractivity (Wildman–Crippen MR) is 98.0 cm³/mol. The average molecular weight is 355 g/mol. The number of fused-ring (bicyclic) bond motifs is 1. The number of hydrogen-bond acceptors (Lipinski definition) is 5. The summed E-state index contributed by atoms with van der Waals surface area (Å²) >= 11 is 0. The molecular formula is C18H25N7O. The quantitative estimate of drug-likeness (QED) is 0.656. The van der Waals surface area contributed by atoms with Crippen molar-refractivity contribution >= 4 is 5.96 Å². The van der Waals surface area contributed by atoms with E-state index in [-0.39, 0.29) is 6.10 Å². The minimum atomic E-state index is 0.129. The lowest BCUT2D eigenvalue weighted by Gasteiger charge is -2.22. The summed E-state index contributed by atoms with van der Waals surface area (Å²) in [5.41, 5.74) is 0. The molecule has 1 unspecified atom stereocenters. The molecule has 1 atom stereocenters. The highest BCUT2D eigenvalue weighted by Gasteiger charge is 2.27. The Balaban J connectivity index is 1.33. The van der Waals surface area contributed by atoms with E-state index in [9.17, 15) is 0 Å². The first-order valence-electron chi connectivity index (χ1n) is 9.28. The topological polar surface area (TPSA) is 80.5 Å². The Kier molecular flexibility index (Phi) is 4.99. The van der Waals surface area contributed by atoms with Crippen LogP contribution in [-0.2, 0) is 19.5 Å². The SMILES string of the molecule is CN=C(NCc1nnc2n1CCCC2)N1CCC(Oc2ccccn2)C1. The van der Waals surface area contributed by atoms with E-state index >= 15 is 0 Å². The number of hydrogen-bond donors (Lipinski definition) is 1. The van der Waals surface area contributed by atoms with E-state index < -0.39 is 0 Å². The lowest BCUT2D eigenvalue weighted by atomic mass is 10.2. The standard InChI is InChI=1S/C18H25N7O/c1-19-18(21-12-16-23-22-15-6-3-5-10-25(15)16)24-11-8-14(13-24)26-17-7-2-4-9-20-17/h2,4,7,9,14H,3,5-6,8,10-13H2,1H3,(H,19,21). The molecule has 138 valence electrons. The van der Waals surface area contributed by atoms with Gasteiger partial charge in [-0.25, -0.2) is 4.98 Å². The Morgan fingerprint density at radius 1 is 1.31 bits per heavy atom. The first-order chi connectivity index (χ1) is 12.8. The molecule has 2 aliphatic rings. The van der Waals surface area contributed by atoms with Crippen LogP contribution >= 0.6 is 0 Å². The van der Waals surface area contributed by atoms with Gasteiger partial charge in [0.1, 0.15) is 11.9 Å². The summed E-state index contributed by atoms with van der Waals surface area (Å²) in [5.74, 6) is 3.65. The summed E-state index contributed by atoms with van der Waals surface area (Å²) < 4.78 is 8.20. The number of nitrogens with zero attached hydrogens (tertiary/aromatic N) is 6. The van der Waals surface area contributed by atoms with E-state index in [1.54, 1.807) is 6.20 Å². The van der Waals surface area contributed by atoms with Gasteiger partial charge in [-0.05, 0) is 18.9 Å². The summed E-state index contributed by atoms with van der Waals surface area (Å²) in [6.45, 7) is 3.37. The van der Waals surface area contributed by atoms with Crippen LogP contribution in [0.2, 0.25) is 0 Å². The number of likely N-dealkylation sites (tertiary alicyclic amines) is 1. The van der Waals surface area contributed by atoms with Gasteiger partial charge >= 0.3 is 0 Å². The third-order valence-electron chi connectivity index (χ3n) is 4.92. The van der Waals surface area contributed by atoms with E-state index in [0.717, 1.165) is 50.1 Å². The van der Waals surface area contributed by atoms with Gasteiger partial charge in [0.05, 0.1) is 13.1 Å². The number of aliphatic imine (C=N–C) groups is 1. The van der Waals surface area contributed by atoms with Gasteiger partial charge in [0, 0.05) is 45.2 Å². The van der Waals surface area contributed by atoms with Crippen LogP contribution in [0.15, 0.2) is 29.4 Å². The zero-order valence-electron chi connectivity index (χ0n) is 15.1. The molecule has 0 radical (unpaired) electrons. The minimum Gasteiger partial charge on any atom is -0.472 e. The number of pyridine rings is 1. The van der Waals surface area contributed by atoms with Crippen molar-refractivity contribution in [1.29, 1.82) is 0 Å². The normalized spacial score (nSPS) is 20.1. The molecule has 0 bridgehead atoms. The van der Waals surface area contributed by atoms with Crippen LogP contribution in [0.4, 0.5) is 0 Å². The molecule has 0 aromatic carbocycles. The Labute approximate surface area is 153 Å². The zero-order valence-corrected chi connectivity index (χ0v) is 15.1. The van der Waals surface area contributed by atoms with Gasteiger partial charge in [-0.3, -0.25) is 4.99 Å². The van der Waals surface area contributed by atoms with E-state index in [1.807, 2.05) is 25.2 Å².